The minimum atomic E-state index is -1.12. The summed E-state index contributed by atoms with van der Waals surface area (Å²) in [6.45, 7) is -0.446. The second-order valence-corrected chi connectivity index (χ2v) is 6.74. The van der Waals surface area contributed by atoms with E-state index in [2.05, 4.69) is 4.99 Å². The standard InChI is InChI=1S/C16H12N2O5S2/c1-23-15(22)13-9(8-4-2-3-5-10(8)17-13)6-11-14(21)18(7-12(19)20)16(24)25-11/h2-6,21H,7H2,1H3,(H,19,20). The summed E-state index contributed by atoms with van der Waals surface area (Å²) >= 11 is 6.16. The lowest BCUT2D eigenvalue weighted by Crippen LogP contribution is -2.14. The van der Waals surface area contributed by atoms with E-state index in [-0.39, 0.29) is 15.5 Å². The molecule has 25 heavy (non-hydrogen) atoms. The van der Waals surface area contributed by atoms with Crippen molar-refractivity contribution in [3.63, 3.8) is 0 Å². The van der Waals surface area contributed by atoms with Gasteiger partial charge in [0.2, 0.25) is 5.88 Å². The minimum Gasteiger partial charge on any atom is -0.493 e. The van der Waals surface area contributed by atoms with Crippen LogP contribution < -0.4 is 0 Å². The van der Waals surface area contributed by atoms with Crippen LogP contribution in [0.15, 0.2) is 29.3 Å². The van der Waals surface area contributed by atoms with Gasteiger partial charge in [0, 0.05) is 11.1 Å². The zero-order chi connectivity index (χ0) is 18.1. The molecule has 1 aromatic heterocycles. The number of thiazole rings is 1. The first-order valence-corrected chi connectivity index (χ1v) is 8.27. The van der Waals surface area contributed by atoms with Crippen molar-refractivity contribution in [2.75, 3.05) is 7.11 Å². The van der Waals surface area contributed by atoms with E-state index in [1.165, 1.54) is 7.11 Å². The van der Waals surface area contributed by atoms with Crippen molar-refractivity contribution in [1.82, 2.24) is 4.57 Å². The molecule has 3 rings (SSSR count). The lowest BCUT2D eigenvalue weighted by atomic mass is 10.0. The van der Waals surface area contributed by atoms with Crippen LogP contribution in [-0.2, 0) is 20.9 Å². The predicted molar refractivity (Wildman–Crippen MR) is 95.9 cm³/mol. The number of benzene rings is 1. The number of rotatable bonds is 4. The molecule has 0 bridgehead atoms. The van der Waals surface area contributed by atoms with Gasteiger partial charge in [0.05, 0.1) is 17.7 Å². The van der Waals surface area contributed by atoms with Crippen molar-refractivity contribution in [3.05, 3.63) is 38.7 Å². The van der Waals surface area contributed by atoms with Crippen molar-refractivity contribution in [2.24, 2.45) is 4.99 Å². The van der Waals surface area contributed by atoms with Gasteiger partial charge in [-0.1, -0.05) is 18.2 Å². The molecule has 0 radical (unpaired) electrons. The number of carbonyl (C=O) groups excluding carboxylic acids is 1. The molecule has 7 nitrogen and oxygen atoms in total. The average molecular weight is 376 g/mol. The molecule has 2 aromatic rings. The van der Waals surface area contributed by atoms with Gasteiger partial charge >= 0.3 is 11.9 Å². The SMILES string of the molecule is COC(=O)C1=Nc2ccccc2C1=Cc1sc(=S)n(CC(=O)O)c1O. The van der Waals surface area contributed by atoms with Crippen LogP contribution in [0.4, 0.5) is 5.69 Å². The maximum atomic E-state index is 12.0. The largest absolute Gasteiger partial charge is 0.493 e. The Kier molecular flexibility index (Phi) is 4.51. The third kappa shape index (κ3) is 3.11. The average Bonchev–Trinajstić information content (AvgIpc) is 3.07. The highest BCUT2D eigenvalue weighted by Gasteiger charge is 2.27. The lowest BCUT2D eigenvalue weighted by molar-refractivity contribution is -0.137. The molecule has 2 heterocycles. The third-order valence-corrected chi connectivity index (χ3v) is 4.91. The molecular formula is C16H12N2O5S2. The van der Waals surface area contributed by atoms with Crippen LogP contribution in [0.3, 0.4) is 0 Å². The van der Waals surface area contributed by atoms with Gasteiger partial charge in [0.15, 0.2) is 9.67 Å². The molecule has 0 atom stereocenters. The fraction of sp³-hybridized carbons (Fsp3) is 0.125. The Bertz CT molecular complexity index is 1000. The molecule has 2 N–H and O–H groups in total. The van der Waals surface area contributed by atoms with Gasteiger partial charge in [0.1, 0.15) is 6.54 Å². The smallest absolute Gasteiger partial charge is 0.357 e. The fourth-order valence-electron chi connectivity index (χ4n) is 2.42. The Hall–Kier alpha value is -2.78. The van der Waals surface area contributed by atoms with Crippen LogP contribution in [0.25, 0.3) is 11.6 Å². The number of carboxylic acids is 1. The third-order valence-electron chi connectivity index (χ3n) is 3.52. The number of aromatic nitrogens is 1. The van der Waals surface area contributed by atoms with Gasteiger partial charge in [-0.05, 0) is 24.4 Å². The van der Waals surface area contributed by atoms with E-state index in [4.69, 9.17) is 22.1 Å². The maximum absolute atomic E-state index is 12.0. The number of carbonyl (C=O) groups is 2. The highest BCUT2D eigenvalue weighted by molar-refractivity contribution is 7.73. The van der Waals surface area contributed by atoms with Crippen molar-refractivity contribution in [3.8, 4) is 5.88 Å². The summed E-state index contributed by atoms with van der Waals surface area (Å²) < 4.78 is 6.10. The van der Waals surface area contributed by atoms with E-state index in [0.717, 1.165) is 15.9 Å². The van der Waals surface area contributed by atoms with Gasteiger partial charge < -0.3 is 14.9 Å². The Balaban J connectivity index is 2.14. The van der Waals surface area contributed by atoms with Crippen molar-refractivity contribution in [1.29, 1.82) is 0 Å². The second-order valence-electron chi connectivity index (χ2n) is 5.06. The normalized spacial score (nSPS) is 14.3. The predicted octanol–water partition coefficient (Wildman–Crippen LogP) is 2.87. The number of methoxy groups -OCH3 is 1. The molecule has 0 fully saturated rings. The highest BCUT2D eigenvalue weighted by Crippen LogP contribution is 2.38. The molecule has 1 aliphatic rings. The molecule has 0 unspecified atom stereocenters. The van der Waals surface area contributed by atoms with E-state index in [0.29, 0.717) is 21.7 Å². The zero-order valence-electron chi connectivity index (χ0n) is 12.9. The highest BCUT2D eigenvalue weighted by atomic mass is 32.1. The first-order valence-electron chi connectivity index (χ1n) is 7.05. The lowest BCUT2D eigenvalue weighted by Gasteiger charge is -2.04. The Morgan fingerprint density at radius 1 is 1.40 bits per heavy atom. The minimum absolute atomic E-state index is 0.118. The fourth-order valence-corrected chi connectivity index (χ4v) is 3.67. The second kappa shape index (κ2) is 6.61. The number of esters is 1. The summed E-state index contributed by atoms with van der Waals surface area (Å²) in [7, 11) is 1.26. The monoisotopic (exact) mass is 376 g/mol. The zero-order valence-corrected chi connectivity index (χ0v) is 14.6. The van der Waals surface area contributed by atoms with E-state index < -0.39 is 18.5 Å². The molecule has 9 heteroatoms. The summed E-state index contributed by atoms with van der Waals surface area (Å²) in [4.78, 5) is 27.6. The summed E-state index contributed by atoms with van der Waals surface area (Å²) in [6, 6.07) is 7.16. The number of para-hydroxylation sites is 1. The van der Waals surface area contributed by atoms with Gasteiger partial charge in [-0.3, -0.25) is 9.36 Å². The summed E-state index contributed by atoms with van der Waals surface area (Å²) in [5.41, 5.74) is 1.93. The molecule has 0 aliphatic carbocycles. The van der Waals surface area contributed by atoms with Gasteiger partial charge in [-0.15, -0.1) is 11.3 Å². The number of fused-ring (bicyclic) bond motifs is 1. The van der Waals surface area contributed by atoms with E-state index >= 15 is 0 Å². The van der Waals surface area contributed by atoms with Crippen molar-refractivity contribution >= 4 is 58.5 Å². The molecular weight excluding hydrogens is 364 g/mol. The number of aliphatic carboxylic acids is 1. The van der Waals surface area contributed by atoms with E-state index in [1.54, 1.807) is 30.3 Å². The molecule has 0 spiro atoms. The number of nitrogens with zero attached hydrogens (tertiary/aromatic N) is 2. The van der Waals surface area contributed by atoms with Crippen molar-refractivity contribution in [2.45, 2.75) is 6.54 Å². The molecule has 1 aromatic carbocycles. The Morgan fingerprint density at radius 2 is 2.12 bits per heavy atom. The van der Waals surface area contributed by atoms with Crippen molar-refractivity contribution < 1.29 is 24.5 Å². The van der Waals surface area contributed by atoms with Crippen LogP contribution in [-0.4, -0.2) is 39.5 Å². The number of hydrogen-bond donors (Lipinski definition) is 2. The molecule has 0 amide bonds. The summed E-state index contributed by atoms with van der Waals surface area (Å²) in [5, 5.41) is 19.2. The van der Waals surface area contributed by atoms with Crippen LogP contribution in [0, 0.1) is 3.95 Å². The van der Waals surface area contributed by atoms with E-state index in [1.807, 2.05) is 0 Å². The topological polar surface area (TPSA) is 101 Å². The van der Waals surface area contributed by atoms with Crippen LogP contribution in [0.1, 0.15) is 10.4 Å². The Labute approximate surface area is 151 Å². The Morgan fingerprint density at radius 3 is 2.80 bits per heavy atom. The van der Waals surface area contributed by atoms with Gasteiger partial charge in [-0.2, -0.15) is 0 Å². The molecule has 0 saturated carbocycles. The summed E-state index contributed by atoms with van der Waals surface area (Å²) in [5.74, 6) is -1.99. The summed E-state index contributed by atoms with van der Waals surface area (Å²) in [6.07, 6.45) is 1.57. The first kappa shape index (κ1) is 17.1. The van der Waals surface area contributed by atoms with Crippen LogP contribution >= 0.6 is 23.6 Å². The molecule has 128 valence electrons. The number of carboxylic acid groups (broad SMARTS) is 1. The number of aliphatic imine (C=N–C) groups is 1. The first-order chi connectivity index (χ1) is 11.9. The van der Waals surface area contributed by atoms with Gasteiger partial charge in [-0.25, -0.2) is 9.79 Å². The maximum Gasteiger partial charge on any atom is 0.357 e. The number of hydrogen-bond acceptors (Lipinski definition) is 7. The van der Waals surface area contributed by atoms with Gasteiger partial charge in [0.25, 0.3) is 0 Å². The van der Waals surface area contributed by atoms with Crippen LogP contribution in [0.5, 0.6) is 5.88 Å². The quantitative estimate of drug-likeness (QED) is 0.629. The molecule has 1 aliphatic heterocycles. The molecule has 0 saturated heterocycles. The van der Waals surface area contributed by atoms with Crippen LogP contribution in [0.2, 0.25) is 0 Å². The number of ether oxygens (including phenoxy) is 1. The number of aromatic hydroxyl groups is 1. The van der Waals surface area contributed by atoms with E-state index in [9.17, 15) is 14.7 Å².